The largest absolute Gasteiger partial charge is 0.355 e. The van der Waals surface area contributed by atoms with Crippen molar-refractivity contribution < 1.29 is 0 Å². The van der Waals surface area contributed by atoms with Gasteiger partial charge < -0.3 is 10.6 Å². The number of halogens is 1. The van der Waals surface area contributed by atoms with Crippen LogP contribution in [-0.2, 0) is 13.6 Å². The third kappa shape index (κ3) is 5.05. The van der Waals surface area contributed by atoms with E-state index in [0.29, 0.717) is 0 Å². The molecule has 1 unspecified atom stereocenters. The van der Waals surface area contributed by atoms with E-state index < -0.39 is 0 Å². The number of nitrogens with zero attached hydrogens (tertiary/aromatic N) is 3. The lowest BCUT2D eigenvalue weighted by Gasteiger charge is -2.15. The van der Waals surface area contributed by atoms with Crippen molar-refractivity contribution in [3.8, 4) is 0 Å². The predicted octanol–water partition coefficient (Wildman–Crippen LogP) is 2.22. The second-order valence-electron chi connectivity index (χ2n) is 5.21. The van der Waals surface area contributed by atoms with Crippen molar-refractivity contribution in [3.05, 3.63) is 17.0 Å². The molecule has 0 bridgehead atoms. The summed E-state index contributed by atoms with van der Waals surface area (Å²) in [6.45, 7) is 5.91. The van der Waals surface area contributed by atoms with Gasteiger partial charge in [0, 0.05) is 43.7 Å². The minimum Gasteiger partial charge on any atom is -0.355 e. The molecule has 21 heavy (non-hydrogen) atoms. The van der Waals surface area contributed by atoms with Crippen LogP contribution < -0.4 is 10.6 Å². The normalized spacial score (nSPS) is 18.5. The van der Waals surface area contributed by atoms with Crippen molar-refractivity contribution in [3.63, 3.8) is 0 Å². The van der Waals surface area contributed by atoms with E-state index in [4.69, 9.17) is 0 Å². The fourth-order valence-electron chi connectivity index (χ4n) is 2.48. The van der Waals surface area contributed by atoms with Gasteiger partial charge in [-0.05, 0) is 32.4 Å². The van der Waals surface area contributed by atoms with E-state index in [2.05, 4.69) is 46.3 Å². The van der Waals surface area contributed by atoms with Gasteiger partial charge in [-0.15, -0.1) is 24.0 Å². The maximum atomic E-state index is 4.44. The van der Waals surface area contributed by atoms with Crippen molar-refractivity contribution in [1.29, 1.82) is 0 Å². The Kier molecular flexibility index (Phi) is 7.86. The van der Waals surface area contributed by atoms with Crippen LogP contribution >= 0.6 is 35.7 Å². The van der Waals surface area contributed by atoms with Crippen LogP contribution in [0.25, 0.3) is 0 Å². The van der Waals surface area contributed by atoms with Gasteiger partial charge in [-0.2, -0.15) is 16.9 Å². The molecule has 120 valence electrons. The highest BCUT2D eigenvalue weighted by atomic mass is 127. The first-order chi connectivity index (χ1) is 9.61. The van der Waals surface area contributed by atoms with E-state index in [1.165, 1.54) is 29.9 Å². The lowest BCUT2D eigenvalue weighted by molar-refractivity contribution is 0.721. The minimum atomic E-state index is 0. The SMILES string of the molecule is CN=C(NCc1c(C)nn(C)c1C)NCC1CCCS1.I. The summed E-state index contributed by atoms with van der Waals surface area (Å²) in [6.07, 6.45) is 2.66. The summed E-state index contributed by atoms with van der Waals surface area (Å²) in [5.74, 6) is 2.17. The molecule has 1 atom stereocenters. The van der Waals surface area contributed by atoms with E-state index in [-0.39, 0.29) is 24.0 Å². The molecule has 1 aromatic rings. The molecule has 5 nitrogen and oxygen atoms in total. The molecule has 7 heteroatoms. The van der Waals surface area contributed by atoms with Gasteiger partial charge in [-0.25, -0.2) is 0 Å². The zero-order valence-corrected chi connectivity index (χ0v) is 16.4. The number of rotatable bonds is 4. The molecule has 0 radical (unpaired) electrons. The van der Waals surface area contributed by atoms with Crippen molar-refractivity contribution in [2.75, 3.05) is 19.3 Å². The maximum absolute atomic E-state index is 4.44. The average Bonchev–Trinajstić information content (AvgIpc) is 3.02. The first-order valence-corrected chi connectivity index (χ1v) is 8.22. The van der Waals surface area contributed by atoms with Crippen LogP contribution in [0.5, 0.6) is 0 Å². The number of hydrogen-bond acceptors (Lipinski definition) is 3. The minimum absolute atomic E-state index is 0. The molecule has 1 saturated heterocycles. The van der Waals surface area contributed by atoms with E-state index in [1.54, 1.807) is 0 Å². The molecule has 1 aromatic heterocycles. The monoisotopic (exact) mass is 423 g/mol. The molecular formula is C14H26IN5S. The zero-order chi connectivity index (χ0) is 14.5. The third-order valence-corrected chi connectivity index (χ3v) is 5.23. The highest BCUT2D eigenvalue weighted by Gasteiger charge is 2.16. The van der Waals surface area contributed by atoms with Crippen LogP contribution in [0.4, 0.5) is 0 Å². The summed E-state index contributed by atoms with van der Waals surface area (Å²) in [4.78, 5) is 4.29. The Hall–Kier alpha value is -0.440. The number of nitrogens with one attached hydrogen (secondary N) is 2. The smallest absolute Gasteiger partial charge is 0.191 e. The number of aliphatic imine (C=N–C) groups is 1. The van der Waals surface area contributed by atoms with Gasteiger partial charge in [0.2, 0.25) is 0 Å². The summed E-state index contributed by atoms with van der Waals surface area (Å²) >= 11 is 2.06. The lowest BCUT2D eigenvalue weighted by Crippen LogP contribution is -2.39. The number of thioether (sulfide) groups is 1. The van der Waals surface area contributed by atoms with Gasteiger partial charge >= 0.3 is 0 Å². The number of hydrogen-bond donors (Lipinski definition) is 2. The van der Waals surface area contributed by atoms with Gasteiger partial charge in [0.25, 0.3) is 0 Å². The van der Waals surface area contributed by atoms with Crippen LogP contribution in [0.1, 0.15) is 29.8 Å². The molecule has 1 fully saturated rings. The number of guanidine groups is 1. The lowest BCUT2D eigenvalue weighted by atomic mass is 10.2. The molecule has 0 aliphatic carbocycles. The van der Waals surface area contributed by atoms with Crippen LogP contribution in [0.15, 0.2) is 4.99 Å². The van der Waals surface area contributed by atoms with E-state index in [9.17, 15) is 0 Å². The summed E-state index contributed by atoms with van der Waals surface area (Å²) in [5, 5.41) is 12.0. The van der Waals surface area contributed by atoms with E-state index in [1.807, 2.05) is 18.8 Å². The Balaban J connectivity index is 0.00000220. The number of aromatic nitrogens is 2. The van der Waals surface area contributed by atoms with Gasteiger partial charge in [-0.1, -0.05) is 0 Å². The molecule has 0 saturated carbocycles. The second-order valence-corrected chi connectivity index (χ2v) is 6.62. The van der Waals surface area contributed by atoms with E-state index >= 15 is 0 Å². The molecule has 0 spiro atoms. The van der Waals surface area contributed by atoms with Gasteiger partial charge in [-0.3, -0.25) is 9.67 Å². The molecule has 1 aliphatic heterocycles. The second kappa shape index (κ2) is 8.87. The van der Waals surface area contributed by atoms with Crippen molar-refractivity contribution in [1.82, 2.24) is 20.4 Å². The molecule has 0 amide bonds. The summed E-state index contributed by atoms with van der Waals surface area (Å²) in [7, 11) is 3.80. The van der Waals surface area contributed by atoms with E-state index in [0.717, 1.165) is 30.0 Å². The maximum Gasteiger partial charge on any atom is 0.191 e. The van der Waals surface area contributed by atoms with Gasteiger partial charge in [0.1, 0.15) is 0 Å². The highest BCUT2D eigenvalue weighted by molar-refractivity contribution is 14.0. The summed E-state index contributed by atoms with van der Waals surface area (Å²) in [5.41, 5.74) is 3.54. The average molecular weight is 423 g/mol. The van der Waals surface area contributed by atoms with Crippen LogP contribution in [-0.4, -0.2) is 40.3 Å². The predicted molar refractivity (Wildman–Crippen MR) is 102 cm³/mol. The molecule has 2 heterocycles. The quantitative estimate of drug-likeness (QED) is 0.443. The fraction of sp³-hybridized carbons (Fsp3) is 0.714. The Morgan fingerprint density at radius 1 is 1.43 bits per heavy atom. The fourth-order valence-corrected chi connectivity index (χ4v) is 3.68. The Bertz CT molecular complexity index is 480. The standard InChI is InChI=1S/C14H25N5S.HI/c1-10-13(11(2)19(4)18-10)9-17-14(15-3)16-8-12-6-5-7-20-12;/h12H,5-9H2,1-4H3,(H2,15,16,17);1H. The van der Waals surface area contributed by atoms with Gasteiger partial charge in [0.15, 0.2) is 5.96 Å². The molecule has 2 N–H and O–H groups in total. The first-order valence-electron chi connectivity index (χ1n) is 7.17. The highest BCUT2D eigenvalue weighted by Crippen LogP contribution is 2.25. The summed E-state index contributed by atoms with van der Waals surface area (Å²) in [6, 6.07) is 0. The topological polar surface area (TPSA) is 54.2 Å². The Morgan fingerprint density at radius 2 is 2.19 bits per heavy atom. The first kappa shape index (κ1) is 18.6. The molecular weight excluding hydrogens is 397 g/mol. The van der Waals surface area contributed by atoms with Crippen molar-refractivity contribution in [2.45, 2.75) is 38.5 Å². The molecule has 1 aliphatic rings. The van der Waals surface area contributed by atoms with Crippen molar-refractivity contribution in [2.24, 2.45) is 12.0 Å². The van der Waals surface area contributed by atoms with Crippen LogP contribution in [0.3, 0.4) is 0 Å². The van der Waals surface area contributed by atoms with Gasteiger partial charge in [0.05, 0.1) is 5.69 Å². The summed E-state index contributed by atoms with van der Waals surface area (Å²) < 4.78 is 1.93. The Labute approximate surface area is 148 Å². The van der Waals surface area contributed by atoms with Crippen LogP contribution in [0.2, 0.25) is 0 Å². The number of aryl methyl sites for hydroxylation is 2. The third-order valence-electron chi connectivity index (χ3n) is 3.84. The Morgan fingerprint density at radius 3 is 2.71 bits per heavy atom. The molecule has 0 aromatic carbocycles. The van der Waals surface area contributed by atoms with Crippen LogP contribution in [0, 0.1) is 13.8 Å². The molecule has 2 rings (SSSR count). The van der Waals surface area contributed by atoms with Crippen molar-refractivity contribution >= 4 is 41.7 Å². The zero-order valence-electron chi connectivity index (χ0n) is 13.3.